The van der Waals surface area contributed by atoms with Gasteiger partial charge in [-0.3, -0.25) is 9.59 Å². The highest BCUT2D eigenvalue weighted by molar-refractivity contribution is 8.00. The minimum atomic E-state index is -0.524. The molecule has 0 bridgehead atoms. The summed E-state index contributed by atoms with van der Waals surface area (Å²) in [5, 5.41) is 1.58. The van der Waals surface area contributed by atoms with Gasteiger partial charge in [0.25, 0.3) is 11.8 Å². The summed E-state index contributed by atoms with van der Waals surface area (Å²) in [6.45, 7) is 2.13. The highest BCUT2D eigenvalue weighted by Crippen LogP contribution is 2.54. The highest BCUT2D eigenvalue weighted by atomic mass is 32.2. The van der Waals surface area contributed by atoms with Crippen molar-refractivity contribution >= 4 is 29.5 Å². The predicted octanol–water partition coefficient (Wildman–Crippen LogP) is 3.12. The smallest absolute Gasteiger partial charge is 0.330 e. The molecule has 0 spiro atoms. The molecule has 1 aliphatic carbocycles. The van der Waals surface area contributed by atoms with Crippen LogP contribution in [-0.2, 0) is 19.2 Å². The third kappa shape index (κ3) is 4.21. The number of amides is 2. The van der Waals surface area contributed by atoms with E-state index < -0.39 is 17.8 Å². The molecule has 3 rings (SSSR count). The van der Waals surface area contributed by atoms with Gasteiger partial charge in [-0.05, 0) is 43.7 Å². The molecule has 2 aliphatic rings. The van der Waals surface area contributed by atoms with E-state index in [1.807, 2.05) is 18.2 Å². The third-order valence-corrected chi connectivity index (χ3v) is 6.50. The largest absolute Gasteiger partial charge is 0.333 e. The van der Waals surface area contributed by atoms with Crippen molar-refractivity contribution < 1.29 is 19.2 Å². The number of hydrogen-bond acceptors (Lipinski definition) is 6. The Labute approximate surface area is 151 Å². The van der Waals surface area contributed by atoms with E-state index >= 15 is 0 Å². The number of hydrogen-bond donors (Lipinski definition) is 0. The van der Waals surface area contributed by atoms with E-state index in [0.29, 0.717) is 17.4 Å². The third-order valence-electron chi connectivity index (χ3n) is 4.82. The Morgan fingerprint density at radius 1 is 1.32 bits per heavy atom. The minimum Gasteiger partial charge on any atom is -0.330 e. The van der Waals surface area contributed by atoms with Gasteiger partial charge in [0.05, 0.1) is 5.03 Å². The standard InChI is InChI=1S/C18H22N2O4S/c1-2-18(13-6-7-13,25-14-5-3-4-12-19-14)11-10-17(23)24-20-15(21)8-9-16(20)22/h3-5,12-13H,2,6-11H2,1H3. The fraction of sp³-hybridized carbons (Fsp3) is 0.556. The van der Waals surface area contributed by atoms with Gasteiger partial charge in [-0.1, -0.05) is 24.8 Å². The SMILES string of the molecule is CCC(CCC(=O)ON1C(=O)CCC1=O)(Sc1ccccn1)C1CC1. The molecule has 1 aromatic rings. The first-order valence-electron chi connectivity index (χ1n) is 8.71. The maximum absolute atomic E-state index is 12.2. The average molecular weight is 362 g/mol. The van der Waals surface area contributed by atoms with Gasteiger partial charge < -0.3 is 4.84 Å². The van der Waals surface area contributed by atoms with E-state index in [4.69, 9.17) is 4.84 Å². The Hall–Kier alpha value is -1.89. The topological polar surface area (TPSA) is 76.6 Å². The molecule has 1 aliphatic heterocycles. The molecular weight excluding hydrogens is 340 g/mol. The van der Waals surface area contributed by atoms with Crippen molar-refractivity contribution in [1.29, 1.82) is 0 Å². The maximum Gasteiger partial charge on any atom is 0.333 e. The quantitative estimate of drug-likeness (QED) is 0.522. The molecule has 7 heteroatoms. The number of nitrogens with zero attached hydrogens (tertiary/aromatic N) is 2. The number of carbonyl (C=O) groups excluding carboxylic acids is 3. The van der Waals surface area contributed by atoms with E-state index in [9.17, 15) is 14.4 Å². The zero-order valence-electron chi connectivity index (χ0n) is 14.3. The van der Waals surface area contributed by atoms with E-state index in [2.05, 4.69) is 11.9 Å². The van der Waals surface area contributed by atoms with Crippen molar-refractivity contribution in [2.75, 3.05) is 0 Å². The van der Waals surface area contributed by atoms with Crippen LogP contribution in [0, 0.1) is 5.92 Å². The Morgan fingerprint density at radius 2 is 2.04 bits per heavy atom. The molecule has 2 amide bonds. The van der Waals surface area contributed by atoms with Crippen molar-refractivity contribution in [2.24, 2.45) is 5.92 Å². The fourth-order valence-corrected chi connectivity index (χ4v) is 4.65. The van der Waals surface area contributed by atoms with Crippen LogP contribution in [0.25, 0.3) is 0 Å². The molecule has 134 valence electrons. The lowest BCUT2D eigenvalue weighted by molar-refractivity contribution is -0.197. The number of hydroxylamine groups is 2. The molecular formula is C18H22N2O4S. The summed E-state index contributed by atoms with van der Waals surface area (Å²) in [5.41, 5.74) is 0. The molecule has 1 aromatic heterocycles. The fourth-order valence-electron chi connectivity index (χ4n) is 3.22. The van der Waals surface area contributed by atoms with Crippen LogP contribution in [0.15, 0.2) is 29.4 Å². The van der Waals surface area contributed by atoms with Crippen molar-refractivity contribution in [3.05, 3.63) is 24.4 Å². The second kappa shape index (κ2) is 7.56. The minimum absolute atomic E-state index is 0.0631. The second-order valence-electron chi connectivity index (χ2n) is 6.51. The monoisotopic (exact) mass is 362 g/mol. The van der Waals surface area contributed by atoms with Gasteiger partial charge in [0.15, 0.2) is 0 Å². The number of thioether (sulfide) groups is 1. The molecule has 6 nitrogen and oxygen atoms in total. The molecule has 0 aromatic carbocycles. The van der Waals surface area contributed by atoms with Gasteiger partial charge in [0, 0.05) is 30.2 Å². The first kappa shape index (κ1) is 17.9. The summed E-state index contributed by atoms with van der Waals surface area (Å²) >= 11 is 1.73. The lowest BCUT2D eigenvalue weighted by Crippen LogP contribution is -2.33. The van der Waals surface area contributed by atoms with E-state index in [-0.39, 0.29) is 24.0 Å². The Kier molecular flexibility index (Phi) is 5.42. The Morgan fingerprint density at radius 3 is 2.60 bits per heavy atom. The van der Waals surface area contributed by atoms with Crippen LogP contribution >= 0.6 is 11.8 Å². The van der Waals surface area contributed by atoms with Gasteiger partial charge in [-0.15, -0.1) is 5.06 Å². The zero-order chi connectivity index (χ0) is 17.9. The first-order valence-corrected chi connectivity index (χ1v) is 9.52. The second-order valence-corrected chi connectivity index (χ2v) is 7.94. The molecule has 2 fully saturated rings. The first-order chi connectivity index (χ1) is 12.0. The molecule has 1 saturated heterocycles. The summed E-state index contributed by atoms with van der Waals surface area (Å²) in [4.78, 5) is 44.7. The zero-order valence-corrected chi connectivity index (χ0v) is 15.1. The number of carbonyl (C=O) groups is 3. The molecule has 0 radical (unpaired) electrons. The normalized spacial score (nSPS) is 19.8. The van der Waals surface area contributed by atoms with Crippen molar-refractivity contribution in [2.45, 2.75) is 61.6 Å². The van der Waals surface area contributed by atoms with E-state index in [1.54, 1.807) is 18.0 Å². The van der Waals surface area contributed by atoms with Gasteiger partial charge in [-0.2, -0.15) is 0 Å². The summed E-state index contributed by atoms with van der Waals surface area (Å²) in [7, 11) is 0. The average Bonchev–Trinajstić information content (AvgIpc) is 3.43. The van der Waals surface area contributed by atoms with Crippen LogP contribution in [0.2, 0.25) is 0 Å². The van der Waals surface area contributed by atoms with Crippen LogP contribution in [0.5, 0.6) is 0 Å². The van der Waals surface area contributed by atoms with E-state index in [1.165, 1.54) is 0 Å². The molecule has 0 N–H and O–H groups in total. The molecule has 1 atom stereocenters. The van der Waals surface area contributed by atoms with Crippen LogP contribution in [-0.4, -0.2) is 32.6 Å². The van der Waals surface area contributed by atoms with Gasteiger partial charge in [0.2, 0.25) is 0 Å². The van der Waals surface area contributed by atoms with Gasteiger partial charge in [-0.25, -0.2) is 9.78 Å². The summed E-state index contributed by atoms with van der Waals surface area (Å²) in [6.07, 6.45) is 6.07. The van der Waals surface area contributed by atoms with Crippen LogP contribution in [0.4, 0.5) is 0 Å². The summed E-state index contributed by atoms with van der Waals surface area (Å²) in [6, 6.07) is 5.83. The molecule has 25 heavy (non-hydrogen) atoms. The van der Waals surface area contributed by atoms with Crippen LogP contribution in [0.3, 0.4) is 0 Å². The van der Waals surface area contributed by atoms with Crippen molar-refractivity contribution in [3.63, 3.8) is 0 Å². The number of imide groups is 1. The molecule has 2 heterocycles. The predicted molar refractivity (Wildman–Crippen MR) is 92.3 cm³/mol. The van der Waals surface area contributed by atoms with E-state index in [0.717, 1.165) is 24.3 Å². The van der Waals surface area contributed by atoms with Gasteiger partial charge in [0.1, 0.15) is 0 Å². The van der Waals surface area contributed by atoms with Crippen molar-refractivity contribution in [3.8, 4) is 0 Å². The highest BCUT2D eigenvalue weighted by Gasteiger charge is 2.45. The maximum atomic E-state index is 12.2. The van der Waals surface area contributed by atoms with Crippen LogP contribution < -0.4 is 0 Å². The lowest BCUT2D eigenvalue weighted by Gasteiger charge is -2.32. The lowest BCUT2D eigenvalue weighted by atomic mass is 9.94. The summed E-state index contributed by atoms with van der Waals surface area (Å²) in [5.74, 6) is -0.841. The van der Waals surface area contributed by atoms with Gasteiger partial charge >= 0.3 is 5.97 Å². The number of aromatic nitrogens is 1. The Balaban J connectivity index is 1.62. The van der Waals surface area contributed by atoms with Crippen LogP contribution in [0.1, 0.15) is 51.9 Å². The summed E-state index contributed by atoms with van der Waals surface area (Å²) < 4.78 is -0.0631. The number of rotatable bonds is 8. The number of pyridine rings is 1. The van der Waals surface area contributed by atoms with Crippen molar-refractivity contribution in [1.82, 2.24) is 10.0 Å². The Bertz CT molecular complexity index is 646. The molecule has 1 unspecified atom stereocenters. The molecule has 1 saturated carbocycles.